The Morgan fingerprint density at radius 2 is 1.77 bits per heavy atom. The van der Waals surface area contributed by atoms with E-state index in [0.29, 0.717) is 11.8 Å². The Kier molecular flexibility index (Phi) is 6.02. The van der Waals surface area contributed by atoms with Crippen LogP contribution in [-0.2, 0) is 17.6 Å². The smallest absolute Gasteiger partial charge is 0.288 e. The number of aliphatic hydroxyl groups is 5. The predicted molar refractivity (Wildman–Crippen MR) is 112 cm³/mol. The summed E-state index contributed by atoms with van der Waals surface area (Å²) >= 11 is 0. The van der Waals surface area contributed by atoms with Crippen molar-refractivity contribution in [1.29, 1.82) is 0 Å². The lowest BCUT2D eigenvalue weighted by molar-refractivity contribution is -0.385. The first-order chi connectivity index (χ1) is 14.9. The van der Waals surface area contributed by atoms with Gasteiger partial charge in [0.15, 0.2) is 6.10 Å². The van der Waals surface area contributed by atoms with Gasteiger partial charge in [-0.1, -0.05) is 37.3 Å². The number of aliphatic hydroxyl groups excluding tert-OH is 4. The molecule has 2 aromatic carbocycles. The first kappa shape index (κ1) is 21.8. The molecular formula is C23H27NO7. The molecule has 0 amide bonds. The molecule has 1 aliphatic rings. The van der Waals surface area contributed by atoms with Crippen LogP contribution in [0, 0.1) is 0 Å². The van der Waals surface area contributed by atoms with E-state index in [2.05, 4.69) is 36.2 Å². The Hall–Kier alpha value is -2.46. The van der Waals surface area contributed by atoms with E-state index in [0.717, 1.165) is 23.1 Å². The Morgan fingerprint density at radius 1 is 1.06 bits per heavy atom. The molecule has 166 valence electrons. The van der Waals surface area contributed by atoms with Crippen molar-refractivity contribution in [2.45, 2.75) is 50.2 Å². The van der Waals surface area contributed by atoms with Crippen LogP contribution in [0.25, 0.3) is 10.9 Å². The van der Waals surface area contributed by atoms with Gasteiger partial charge in [0, 0.05) is 17.1 Å². The molecule has 1 saturated heterocycles. The van der Waals surface area contributed by atoms with Gasteiger partial charge in [0.05, 0.1) is 6.61 Å². The molecule has 4 rings (SSSR count). The predicted octanol–water partition coefficient (Wildman–Crippen LogP) is 0.820. The zero-order valence-electron chi connectivity index (χ0n) is 17.1. The van der Waals surface area contributed by atoms with Crippen molar-refractivity contribution < 1.29 is 35.0 Å². The summed E-state index contributed by atoms with van der Waals surface area (Å²) in [7, 11) is 0. The standard InChI is InChI=1S/C23H27NO7/c1-2-13-6-8-14(9-7-13)10-15-11-24-16-4-3-5-17(19(15)16)31-23(29)21(27)20(26)18(12-25)30-22(23)28/h3-9,11,18,20-22,24-29H,2,10,12H2,1H3/t18-,20-,21+,22+,23+/m1/s1. The largest absolute Gasteiger partial charge is 0.454 e. The van der Waals surface area contributed by atoms with Crippen molar-refractivity contribution in [2.75, 3.05) is 6.61 Å². The van der Waals surface area contributed by atoms with Crippen LogP contribution in [0.5, 0.6) is 5.75 Å². The molecule has 3 aromatic rings. The molecule has 0 saturated carbocycles. The number of rotatable bonds is 6. The second kappa shape index (κ2) is 8.58. The normalized spacial score (nSPS) is 28.7. The molecule has 1 fully saturated rings. The summed E-state index contributed by atoms with van der Waals surface area (Å²) in [6.45, 7) is 1.46. The van der Waals surface area contributed by atoms with Crippen LogP contribution in [0.3, 0.4) is 0 Å². The molecule has 0 bridgehead atoms. The number of ether oxygens (including phenoxy) is 2. The van der Waals surface area contributed by atoms with Crippen molar-refractivity contribution in [1.82, 2.24) is 4.98 Å². The van der Waals surface area contributed by atoms with E-state index in [-0.39, 0.29) is 5.75 Å². The average molecular weight is 429 g/mol. The number of fused-ring (bicyclic) bond motifs is 1. The summed E-state index contributed by atoms with van der Waals surface area (Å²) < 4.78 is 10.7. The lowest BCUT2D eigenvalue weighted by atomic mass is 9.95. The minimum Gasteiger partial charge on any atom is -0.454 e. The fraction of sp³-hybridized carbons (Fsp3) is 0.391. The fourth-order valence-corrected chi connectivity index (χ4v) is 3.93. The van der Waals surface area contributed by atoms with Gasteiger partial charge < -0.3 is 40.0 Å². The van der Waals surface area contributed by atoms with Crippen LogP contribution in [0.4, 0.5) is 0 Å². The van der Waals surface area contributed by atoms with E-state index in [1.54, 1.807) is 12.1 Å². The molecule has 1 aliphatic heterocycles. The lowest BCUT2D eigenvalue weighted by Gasteiger charge is -2.45. The first-order valence-corrected chi connectivity index (χ1v) is 10.3. The van der Waals surface area contributed by atoms with E-state index in [4.69, 9.17) is 9.47 Å². The van der Waals surface area contributed by atoms with E-state index in [1.807, 2.05) is 12.3 Å². The van der Waals surface area contributed by atoms with Gasteiger partial charge in [-0.15, -0.1) is 0 Å². The van der Waals surface area contributed by atoms with Crippen molar-refractivity contribution in [3.63, 3.8) is 0 Å². The van der Waals surface area contributed by atoms with E-state index in [9.17, 15) is 25.5 Å². The number of benzene rings is 2. The summed E-state index contributed by atoms with van der Waals surface area (Å²) in [5, 5.41) is 51.6. The Labute approximate surface area is 179 Å². The topological polar surface area (TPSA) is 135 Å². The third-order valence-electron chi connectivity index (χ3n) is 5.81. The van der Waals surface area contributed by atoms with E-state index >= 15 is 0 Å². The van der Waals surface area contributed by atoms with Crippen LogP contribution < -0.4 is 4.74 Å². The van der Waals surface area contributed by atoms with Gasteiger partial charge in [0.1, 0.15) is 18.0 Å². The van der Waals surface area contributed by atoms with Crippen LogP contribution in [0.1, 0.15) is 23.6 Å². The number of H-pyrrole nitrogens is 1. The van der Waals surface area contributed by atoms with Gasteiger partial charge in [-0.05, 0) is 41.7 Å². The Bertz CT molecular complexity index is 1030. The zero-order chi connectivity index (χ0) is 22.2. The minimum atomic E-state index is -2.63. The first-order valence-electron chi connectivity index (χ1n) is 10.3. The Balaban J connectivity index is 1.67. The number of aryl methyl sites for hydroxylation is 1. The monoisotopic (exact) mass is 429 g/mol. The highest BCUT2D eigenvalue weighted by molar-refractivity contribution is 5.89. The molecule has 8 heteroatoms. The molecule has 5 atom stereocenters. The van der Waals surface area contributed by atoms with Crippen molar-refractivity contribution in [3.05, 3.63) is 65.4 Å². The number of aromatic amines is 1. The van der Waals surface area contributed by atoms with Crippen molar-refractivity contribution in [2.24, 2.45) is 0 Å². The van der Waals surface area contributed by atoms with Crippen LogP contribution in [-0.4, -0.2) is 67.5 Å². The van der Waals surface area contributed by atoms with Gasteiger partial charge >= 0.3 is 0 Å². The molecule has 0 spiro atoms. The fourth-order valence-electron chi connectivity index (χ4n) is 3.93. The second-order valence-electron chi connectivity index (χ2n) is 7.84. The minimum absolute atomic E-state index is 0.206. The summed E-state index contributed by atoms with van der Waals surface area (Å²) in [6.07, 6.45) is -3.40. The molecule has 0 aliphatic carbocycles. The summed E-state index contributed by atoms with van der Waals surface area (Å²) in [5.41, 5.74) is 3.98. The average Bonchev–Trinajstić information content (AvgIpc) is 3.19. The molecule has 1 aromatic heterocycles. The van der Waals surface area contributed by atoms with Crippen LogP contribution in [0.2, 0.25) is 0 Å². The molecule has 6 N–H and O–H groups in total. The second-order valence-corrected chi connectivity index (χ2v) is 7.84. The highest BCUT2D eigenvalue weighted by Gasteiger charge is 2.57. The van der Waals surface area contributed by atoms with Crippen LogP contribution >= 0.6 is 0 Å². The highest BCUT2D eigenvalue weighted by Crippen LogP contribution is 2.36. The molecule has 31 heavy (non-hydrogen) atoms. The number of hydrogen-bond acceptors (Lipinski definition) is 7. The van der Waals surface area contributed by atoms with Gasteiger partial charge in [-0.2, -0.15) is 0 Å². The zero-order valence-corrected chi connectivity index (χ0v) is 17.1. The molecule has 8 nitrogen and oxygen atoms in total. The summed E-state index contributed by atoms with van der Waals surface area (Å²) in [4.78, 5) is 3.17. The lowest BCUT2D eigenvalue weighted by Crippen LogP contribution is -2.69. The van der Waals surface area contributed by atoms with Crippen molar-refractivity contribution >= 4 is 10.9 Å². The summed E-state index contributed by atoms with van der Waals surface area (Å²) in [5.74, 6) is -2.42. The maximum atomic E-state index is 10.9. The third-order valence-corrected chi connectivity index (χ3v) is 5.81. The van der Waals surface area contributed by atoms with Crippen molar-refractivity contribution in [3.8, 4) is 5.75 Å². The van der Waals surface area contributed by atoms with Gasteiger partial charge in [-0.25, -0.2) is 0 Å². The molecule has 0 radical (unpaired) electrons. The maximum Gasteiger partial charge on any atom is 0.288 e. The van der Waals surface area contributed by atoms with Gasteiger partial charge in [0.25, 0.3) is 5.79 Å². The summed E-state index contributed by atoms with van der Waals surface area (Å²) in [6, 6.07) is 13.4. The van der Waals surface area contributed by atoms with E-state index in [1.165, 1.54) is 5.56 Å². The number of hydrogen-bond donors (Lipinski definition) is 6. The molecule has 0 unspecified atom stereocenters. The SMILES string of the molecule is CCc1ccc(Cc2c[nH]c3cccc(O[C@]4(O)[C@@H](O)O[C@H](CO)[C@@H](O)[C@@H]4O)c23)cc1. The molecule has 2 heterocycles. The van der Waals surface area contributed by atoms with Crippen LogP contribution in [0.15, 0.2) is 48.7 Å². The Morgan fingerprint density at radius 3 is 2.45 bits per heavy atom. The van der Waals surface area contributed by atoms with Gasteiger partial charge in [0.2, 0.25) is 6.29 Å². The quantitative estimate of drug-likeness (QED) is 0.319. The third kappa shape index (κ3) is 3.94. The van der Waals surface area contributed by atoms with E-state index < -0.39 is 37.0 Å². The molecular weight excluding hydrogens is 402 g/mol. The number of aromatic nitrogens is 1. The maximum absolute atomic E-state index is 10.9. The highest BCUT2D eigenvalue weighted by atomic mass is 16.7. The number of nitrogens with one attached hydrogen (secondary N) is 1. The van der Waals surface area contributed by atoms with Gasteiger partial charge in [-0.3, -0.25) is 0 Å².